The first-order valence-electron chi connectivity index (χ1n) is 5.07. The van der Waals surface area contributed by atoms with Gasteiger partial charge >= 0.3 is 0 Å². The molecule has 2 nitrogen and oxygen atoms in total. The second-order valence-corrected chi connectivity index (χ2v) is 4.85. The standard InChI is InChI=1S/C13H10O2S/c14-16(15)13-11-7-3-1-5-9(11)10-6-2-4-8-12(10)13/h1-8,13H,(H,14,15). The molecule has 3 heteroatoms. The Labute approximate surface area is 96.2 Å². The van der Waals surface area contributed by atoms with Crippen LogP contribution in [0.15, 0.2) is 48.5 Å². The summed E-state index contributed by atoms with van der Waals surface area (Å²) in [5.74, 6) is 0. The van der Waals surface area contributed by atoms with Crippen LogP contribution in [0.5, 0.6) is 0 Å². The lowest BCUT2D eigenvalue weighted by Gasteiger charge is -2.07. The van der Waals surface area contributed by atoms with Crippen molar-refractivity contribution in [1.29, 1.82) is 0 Å². The third kappa shape index (κ3) is 1.25. The summed E-state index contributed by atoms with van der Waals surface area (Å²) in [6.45, 7) is 0. The normalized spacial score (nSPS) is 15.6. The van der Waals surface area contributed by atoms with Crippen LogP contribution in [0.2, 0.25) is 0 Å². The largest absolute Gasteiger partial charge is 0.305 e. The summed E-state index contributed by atoms with van der Waals surface area (Å²) < 4.78 is 20.9. The predicted octanol–water partition coefficient (Wildman–Crippen LogP) is 2.98. The molecule has 0 saturated carbocycles. The molecule has 0 fully saturated rings. The topological polar surface area (TPSA) is 37.3 Å². The van der Waals surface area contributed by atoms with Crippen molar-refractivity contribution in [2.75, 3.05) is 0 Å². The molecule has 0 spiro atoms. The minimum Gasteiger partial charge on any atom is -0.305 e. The molecule has 1 unspecified atom stereocenters. The van der Waals surface area contributed by atoms with Gasteiger partial charge in [-0.15, -0.1) is 0 Å². The summed E-state index contributed by atoms with van der Waals surface area (Å²) in [6, 6.07) is 15.6. The highest BCUT2D eigenvalue weighted by atomic mass is 32.2. The number of benzene rings is 2. The molecule has 0 aliphatic heterocycles. The third-order valence-electron chi connectivity index (χ3n) is 2.98. The lowest BCUT2D eigenvalue weighted by atomic mass is 10.1. The number of fused-ring (bicyclic) bond motifs is 3. The monoisotopic (exact) mass is 230 g/mol. The van der Waals surface area contributed by atoms with E-state index in [2.05, 4.69) is 0 Å². The van der Waals surface area contributed by atoms with Gasteiger partial charge < -0.3 is 4.55 Å². The van der Waals surface area contributed by atoms with Crippen molar-refractivity contribution >= 4 is 11.1 Å². The Morgan fingerprint density at radius 1 is 0.875 bits per heavy atom. The maximum Gasteiger partial charge on any atom is 0.165 e. The predicted molar refractivity (Wildman–Crippen MR) is 64.5 cm³/mol. The molecule has 0 aromatic heterocycles. The molecular formula is C13H10O2S. The Hall–Kier alpha value is -1.45. The Morgan fingerprint density at radius 2 is 1.31 bits per heavy atom. The summed E-state index contributed by atoms with van der Waals surface area (Å²) in [6.07, 6.45) is 0. The Balaban J connectivity index is 2.34. The van der Waals surface area contributed by atoms with E-state index < -0.39 is 16.3 Å². The van der Waals surface area contributed by atoms with E-state index in [1.807, 2.05) is 48.5 Å². The molecule has 2 aromatic rings. The van der Waals surface area contributed by atoms with Crippen LogP contribution in [0.3, 0.4) is 0 Å². The van der Waals surface area contributed by atoms with Crippen LogP contribution < -0.4 is 0 Å². The molecule has 1 aliphatic carbocycles. The zero-order chi connectivity index (χ0) is 11.1. The highest BCUT2D eigenvalue weighted by Crippen LogP contribution is 2.45. The lowest BCUT2D eigenvalue weighted by molar-refractivity contribution is 0.557. The second-order valence-electron chi connectivity index (χ2n) is 3.83. The van der Waals surface area contributed by atoms with E-state index in [1.54, 1.807) is 0 Å². The zero-order valence-corrected chi connectivity index (χ0v) is 9.28. The van der Waals surface area contributed by atoms with Crippen LogP contribution in [0.4, 0.5) is 0 Å². The van der Waals surface area contributed by atoms with E-state index in [0.717, 1.165) is 22.3 Å². The van der Waals surface area contributed by atoms with Crippen LogP contribution in [-0.2, 0) is 11.1 Å². The molecule has 2 aromatic carbocycles. The number of hydrogen-bond donors (Lipinski definition) is 1. The Kier molecular flexibility index (Phi) is 2.16. The maximum absolute atomic E-state index is 11.4. The van der Waals surface area contributed by atoms with Gasteiger partial charge in [-0.1, -0.05) is 48.5 Å². The summed E-state index contributed by atoms with van der Waals surface area (Å²) in [5.41, 5.74) is 4.05. The molecular weight excluding hydrogens is 220 g/mol. The van der Waals surface area contributed by atoms with E-state index >= 15 is 0 Å². The Bertz CT molecular complexity index is 532. The fourth-order valence-corrected chi connectivity index (χ4v) is 3.17. The first-order valence-corrected chi connectivity index (χ1v) is 6.24. The van der Waals surface area contributed by atoms with E-state index in [9.17, 15) is 8.76 Å². The molecule has 0 heterocycles. The van der Waals surface area contributed by atoms with Crippen LogP contribution in [0.1, 0.15) is 16.4 Å². The molecule has 0 amide bonds. The average molecular weight is 230 g/mol. The number of hydrogen-bond acceptors (Lipinski definition) is 1. The maximum atomic E-state index is 11.4. The van der Waals surface area contributed by atoms with E-state index in [-0.39, 0.29) is 0 Å². The fraction of sp³-hybridized carbons (Fsp3) is 0.0769. The third-order valence-corrected chi connectivity index (χ3v) is 3.89. The van der Waals surface area contributed by atoms with Crippen LogP contribution in [-0.4, -0.2) is 8.76 Å². The summed E-state index contributed by atoms with van der Waals surface area (Å²) in [7, 11) is 0. The smallest absolute Gasteiger partial charge is 0.165 e. The molecule has 0 saturated heterocycles. The first kappa shape index (κ1) is 9.75. The van der Waals surface area contributed by atoms with Gasteiger partial charge in [-0.25, -0.2) is 4.21 Å². The van der Waals surface area contributed by atoms with Crippen LogP contribution in [0.25, 0.3) is 11.1 Å². The zero-order valence-electron chi connectivity index (χ0n) is 8.46. The van der Waals surface area contributed by atoms with Crippen LogP contribution >= 0.6 is 0 Å². The van der Waals surface area contributed by atoms with Gasteiger partial charge in [-0.05, 0) is 22.3 Å². The summed E-state index contributed by atoms with van der Waals surface area (Å²) >= 11 is -1.86. The van der Waals surface area contributed by atoms with Gasteiger partial charge in [0.05, 0.1) is 0 Å². The lowest BCUT2D eigenvalue weighted by Crippen LogP contribution is -2.03. The summed E-state index contributed by atoms with van der Waals surface area (Å²) in [4.78, 5) is 0. The van der Waals surface area contributed by atoms with Gasteiger partial charge in [-0.2, -0.15) is 0 Å². The quantitative estimate of drug-likeness (QED) is 0.765. The molecule has 1 N–H and O–H groups in total. The van der Waals surface area contributed by atoms with Crippen molar-refractivity contribution < 1.29 is 8.76 Å². The molecule has 16 heavy (non-hydrogen) atoms. The molecule has 0 bridgehead atoms. The van der Waals surface area contributed by atoms with Gasteiger partial charge in [-0.3, -0.25) is 0 Å². The van der Waals surface area contributed by atoms with Crippen molar-refractivity contribution in [3.8, 4) is 11.1 Å². The summed E-state index contributed by atoms with van der Waals surface area (Å²) in [5, 5.41) is -0.396. The van der Waals surface area contributed by atoms with E-state index in [0.29, 0.717) is 0 Å². The van der Waals surface area contributed by atoms with Crippen LogP contribution in [0, 0.1) is 0 Å². The first-order chi connectivity index (χ1) is 7.79. The average Bonchev–Trinajstić information content (AvgIpc) is 2.63. The van der Waals surface area contributed by atoms with Crippen molar-refractivity contribution in [3.63, 3.8) is 0 Å². The van der Waals surface area contributed by atoms with Gasteiger partial charge in [0.1, 0.15) is 5.25 Å². The van der Waals surface area contributed by atoms with Crippen molar-refractivity contribution in [2.45, 2.75) is 5.25 Å². The fourth-order valence-electron chi connectivity index (χ4n) is 2.33. The van der Waals surface area contributed by atoms with Crippen molar-refractivity contribution in [1.82, 2.24) is 0 Å². The minimum absolute atomic E-state index is 0.396. The van der Waals surface area contributed by atoms with E-state index in [4.69, 9.17) is 0 Å². The van der Waals surface area contributed by atoms with Gasteiger partial charge in [0.25, 0.3) is 0 Å². The molecule has 3 rings (SSSR count). The minimum atomic E-state index is -1.86. The van der Waals surface area contributed by atoms with Crippen molar-refractivity contribution in [2.24, 2.45) is 0 Å². The Morgan fingerprint density at radius 3 is 1.75 bits per heavy atom. The molecule has 0 radical (unpaired) electrons. The molecule has 1 aliphatic rings. The second kappa shape index (κ2) is 3.54. The molecule has 80 valence electrons. The van der Waals surface area contributed by atoms with E-state index in [1.165, 1.54) is 0 Å². The van der Waals surface area contributed by atoms with Gasteiger partial charge in [0, 0.05) is 0 Å². The highest BCUT2D eigenvalue weighted by Gasteiger charge is 2.31. The highest BCUT2D eigenvalue weighted by molar-refractivity contribution is 7.79. The molecule has 1 atom stereocenters. The number of rotatable bonds is 1. The van der Waals surface area contributed by atoms with Gasteiger partial charge in [0.15, 0.2) is 11.1 Å². The van der Waals surface area contributed by atoms with Gasteiger partial charge in [0.2, 0.25) is 0 Å². The SMILES string of the molecule is O=S(O)C1c2ccccc2-c2ccccc21. The van der Waals surface area contributed by atoms with Crippen molar-refractivity contribution in [3.05, 3.63) is 59.7 Å².